The lowest BCUT2D eigenvalue weighted by Gasteiger charge is -2.08. The van der Waals surface area contributed by atoms with Gasteiger partial charge in [-0.1, -0.05) is 29.3 Å². The minimum absolute atomic E-state index is 0.0126. The smallest absolute Gasteiger partial charge is 0.335 e. The summed E-state index contributed by atoms with van der Waals surface area (Å²) in [6.07, 6.45) is 0. The minimum atomic E-state index is -1.03. The van der Waals surface area contributed by atoms with E-state index in [9.17, 15) is 4.79 Å². The predicted octanol–water partition coefficient (Wildman–Crippen LogP) is 3.88. The molecule has 0 aliphatic carbocycles. The number of carbonyl (C=O) groups is 1. The number of nitrogens with zero attached hydrogens (tertiary/aromatic N) is 2. The third-order valence-electron chi connectivity index (χ3n) is 2.16. The molecule has 19 heavy (non-hydrogen) atoms. The van der Waals surface area contributed by atoms with Crippen LogP contribution < -0.4 is 5.32 Å². The molecule has 8 heteroatoms. The first kappa shape index (κ1) is 13.9. The van der Waals surface area contributed by atoms with E-state index in [4.69, 9.17) is 39.9 Å². The molecule has 0 bridgehead atoms. The fraction of sp³-hybridized carbons (Fsp3) is 0. The second kappa shape index (κ2) is 5.61. The number of aromatic carboxylic acids is 1. The number of anilines is 2. The molecule has 0 saturated heterocycles. The van der Waals surface area contributed by atoms with Crippen LogP contribution in [0.2, 0.25) is 15.5 Å². The summed E-state index contributed by atoms with van der Waals surface area (Å²) in [6.45, 7) is 0. The third-order valence-corrected chi connectivity index (χ3v) is 3.05. The van der Waals surface area contributed by atoms with Gasteiger partial charge in [0.1, 0.15) is 5.02 Å². The van der Waals surface area contributed by atoms with Crippen LogP contribution in [0.25, 0.3) is 0 Å². The summed E-state index contributed by atoms with van der Waals surface area (Å²) in [5, 5.41) is 11.8. The zero-order valence-corrected chi connectivity index (χ0v) is 11.5. The molecule has 0 aliphatic rings. The van der Waals surface area contributed by atoms with Gasteiger partial charge in [-0.15, -0.1) is 0 Å². The molecule has 0 spiro atoms. The maximum Gasteiger partial charge on any atom is 0.335 e. The Morgan fingerprint density at radius 1 is 1.21 bits per heavy atom. The molecule has 0 fully saturated rings. The molecular formula is C11H6Cl3N3O2. The number of carboxylic acid groups (broad SMARTS) is 1. The lowest BCUT2D eigenvalue weighted by atomic mass is 10.2. The number of hydrogen-bond acceptors (Lipinski definition) is 4. The van der Waals surface area contributed by atoms with E-state index < -0.39 is 5.97 Å². The van der Waals surface area contributed by atoms with Gasteiger partial charge in [-0.3, -0.25) is 0 Å². The normalized spacial score (nSPS) is 10.3. The van der Waals surface area contributed by atoms with Gasteiger partial charge in [-0.05, 0) is 29.8 Å². The molecular weight excluding hydrogens is 312 g/mol. The van der Waals surface area contributed by atoms with Gasteiger partial charge in [0.15, 0.2) is 11.0 Å². The molecule has 2 aromatic rings. The Labute approximate surface area is 123 Å². The number of carboxylic acids is 1. The molecule has 1 heterocycles. The van der Waals surface area contributed by atoms with Crippen molar-refractivity contribution in [3.8, 4) is 0 Å². The monoisotopic (exact) mass is 317 g/mol. The van der Waals surface area contributed by atoms with Crippen molar-refractivity contribution < 1.29 is 9.90 Å². The first-order valence-corrected chi connectivity index (χ1v) is 6.09. The first-order chi connectivity index (χ1) is 8.97. The molecule has 0 radical (unpaired) electrons. The molecule has 2 rings (SSSR count). The standard InChI is InChI=1S/C11H6Cl3N3O2/c12-7-8(13)16-11(14)17-9(7)15-6-3-1-2-5(4-6)10(18)19/h1-4H,(H,18,19)(H,15,16,17). The van der Waals surface area contributed by atoms with E-state index in [1.54, 1.807) is 12.1 Å². The van der Waals surface area contributed by atoms with Crippen molar-refractivity contribution in [2.24, 2.45) is 0 Å². The van der Waals surface area contributed by atoms with Crippen LogP contribution in [0.15, 0.2) is 24.3 Å². The zero-order chi connectivity index (χ0) is 14.0. The van der Waals surface area contributed by atoms with Crippen LogP contribution in [0, 0.1) is 0 Å². The highest BCUT2D eigenvalue weighted by Crippen LogP contribution is 2.30. The molecule has 0 atom stereocenters. The van der Waals surface area contributed by atoms with Gasteiger partial charge in [0.2, 0.25) is 5.28 Å². The molecule has 0 amide bonds. The molecule has 2 N–H and O–H groups in total. The largest absolute Gasteiger partial charge is 0.478 e. The van der Waals surface area contributed by atoms with E-state index in [1.165, 1.54) is 12.1 Å². The van der Waals surface area contributed by atoms with Crippen LogP contribution in [0.3, 0.4) is 0 Å². The van der Waals surface area contributed by atoms with Gasteiger partial charge in [-0.2, -0.15) is 4.98 Å². The second-order valence-corrected chi connectivity index (χ2v) is 4.53. The molecule has 0 saturated carbocycles. The predicted molar refractivity (Wildman–Crippen MR) is 73.7 cm³/mol. The van der Waals surface area contributed by atoms with Crippen LogP contribution in [0.5, 0.6) is 0 Å². The maximum absolute atomic E-state index is 10.9. The lowest BCUT2D eigenvalue weighted by molar-refractivity contribution is 0.0697. The first-order valence-electron chi connectivity index (χ1n) is 4.96. The number of halogens is 3. The van der Waals surface area contributed by atoms with Crippen molar-refractivity contribution in [3.05, 3.63) is 45.3 Å². The van der Waals surface area contributed by atoms with Crippen molar-refractivity contribution >= 4 is 52.3 Å². The topological polar surface area (TPSA) is 75.1 Å². The molecule has 5 nitrogen and oxygen atoms in total. The summed E-state index contributed by atoms with van der Waals surface area (Å²) >= 11 is 17.4. The van der Waals surface area contributed by atoms with Gasteiger partial charge >= 0.3 is 5.97 Å². The zero-order valence-electron chi connectivity index (χ0n) is 9.19. The Balaban J connectivity index is 2.36. The van der Waals surface area contributed by atoms with Crippen molar-refractivity contribution in [3.63, 3.8) is 0 Å². The summed E-state index contributed by atoms with van der Waals surface area (Å²) in [7, 11) is 0. The molecule has 98 valence electrons. The summed E-state index contributed by atoms with van der Waals surface area (Å²) in [5.41, 5.74) is 0.625. The molecule has 1 aromatic heterocycles. The molecule has 0 unspecified atom stereocenters. The fourth-order valence-electron chi connectivity index (χ4n) is 1.34. The highest BCUT2D eigenvalue weighted by molar-refractivity contribution is 6.43. The van der Waals surface area contributed by atoms with Crippen LogP contribution in [0.1, 0.15) is 10.4 Å². The van der Waals surface area contributed by atoms with Crippen LogP contribution in [-0.4, -0.2) is 21.0 Å². The summed E-state index contributed by atoms with van der Waals surface area (Å²) < 4.78 is 0. The van der Waals surface area contributed by atoms with Gasteiger partial charge < -0.3 is 10.4 Å². The van der Waals surface area contributed by atoms with E-state index >= 15 is 0 Å². The minimum Gasteiger partial charge on any atom is -0.478 e. The van der Waals surface area contributed by atoms with Crippen molar-refractivity contribution in [2.45, 2.75) is 0 Å². The summed E-state index contributed by atoms with van der Waals surface area (Å²) in [6, 6.07) is 6.15. The Kier molecular flexibility index (Phi) is 4.09. The van der Waals surface area contributed by atoms with Gasteiger partial charge in [0.25, 0.3) is 0 Å². The number of hydrogen-bond donors (Lipinski definition) is 2. The quantitative estimate of drug-likeness (QED) is 0.663. The average molecular weight is 319 g/mol. The van der Waals surface area contributed by atoms with E-state index in [0.29, 0.717) is 5.69 Å². The highest BCUT2D eigenvalue weighted by atomic mass is 35.5. The van der Waals surface area contributed by atoms with Crippen molar-refractivity contribution in [2.75, 3.05) is 5.32 Å². The van der Waals surface area contributed by atoms with E-state index in [-0.39, 0.29) is 26.8 Å². The van der Waals surface area contributed by atoms with Gasteiger partial charge in [0, 0.05) is 5.69 Å². The second-order valence-electron chi connectivity index (χ2n) is 3.46. The van der Waals surface area contributed by atoms with Gasteiger partial charge in [-0.25, -0.2) is 9.78 Å². The SMILES string of the molecule is O=C(O)c1cccc(Nc2nc(Cl)nc(Cl)c2Cl)c1. The highest BCUT2D eigenvalue weighted by Gasteiger charge is 2.11. The average Bonchev–Trinajstić information content (AvgIpc) is 2.35. The van der Waals surface area contributed by atoms with Crippen molar-refractivity contribution in [1.82, 2.24) is 9.97 Å². The van der Waals surface area contributed by atoms with Crippen molar-refractivity contribution in [1.29, 1.82) is 0 Å². The molecule has 1 aromatic carbocycles. The Morgan fingerprint density at radius 2 is 1.95 bits per heavy atom. The lowest BCUT2D eigenvalue weighted by Crippen LogP contribution is -2.00. The van der Waals surface area contributed by atoms with Crippen LogP contribution >= 0.6 is 34.8 Å². The fourth-order valence-corrected chi connectivity index (χ4v) is 1.86. The van der Waals surface area contributed by atoms with E-state index in [2.05, 4.69) is 15.3 Å². The Morgan fingerprint density at radius 3 is 2.63 bits per heavy atom. The van der Waals surface area contributed by atoms with Crippen LogP contribution in [-0.2, 0) is 0 Å². The number of nitrogens with one attached hydrogen (secondary N) is 1. The number of aromatic nitrogens is 2. The number of rotatable bonds is 3. The summed E-state index contributed by atoms with van der Waals surface area (Å²) in [5.74, 6) is -0.831. The Hall–Kier alpha value is -1.56. The Bertz CT molecular complexity index is 649. The molecule has 0 aliphatic heterocycles. The van der Waals surface area contributed by atoms with E-state index in [1.807, 2.05) is 0 Å². The van der Waals surface area contributed by atoms with E-state index in [0.717, 1.165) is 0 Å². The van der Waals surface area contributed by atoms with Crippen LogP contribution in [0.4, 0.5) is 11.5 Å². The van der Waals surface area contributed by atoms with Gasteiger partial charge in [0.05, 0.1) is 5.56 Å². The maximum atomic E-state index is 10.9. The summed E-state index contributed by atoms with van der Waals surface area (Å²) in [4.78, 5) is 18.4. The third kappa shape index (κ3) is 3.26. The number of benzene rings is 1.